The van der Waals surface area contributed by atoms with Crippen LogP contribution in [0.3, 0.4) is 0 Å². The molecule has 1 atom stereocenters. The molecular formula is C26H33FN4O2S. The van der Waals surface area contributed by atoms with Gasteiger partial charge in [0.1, 0.15) is 11.6 Å². The van der Waals surface area contributed by atoms with Gasteiger partial charge in [-0.2, -0.15) is 9.36 Å². The van der Waals surface area contributed by atoms with E-state index < -0.39 is 0 Å². The Morgan fingerprint density at radius 1 is 1.18 bits per heavy atom. The van der Waals surface area contributed by atoms with Crippen LogP contribution in [0.15, 0.2) is 42.5 Å². The number of amides is 1. The lowest BCUT2D eigenvalue weighted by Gasteiger charge is -2.20. The molecule has 1 unspecified atom stereocenters. The molecule has 34 heavy (non-hydrogen) atoms. The highest BCUT2D eigenvalue weighted by molar-refractivity contribution is 7.07. The van der Waals surface area contributed by atoms with E-state index >= 15 is 0 Å². The van der Waals surface area contributed by atoms with Gasteiger partial charge in [0.15, 0.2) is 5.82 Å². The second-order valence-corrected chi connectivity index (χ2v) is 9.12. The van der Waals surface area contributed by atoms with Gasteiger partial charge >= 0.3 is 0 Å². The van der Waals surface area contributed by atoms with Gasteiger partial charge in [-0.3, -0.25) is 4.79 Å². The lowest BCUT2D eigenvalue weighted by atomic mass is 10.1. The number of ether oxygens (including phenoxy) is 1. The average Bonchev–Trinajstić information content (AvgIpc) is 3.26. The van der Waals surface area contributed by atoms with Crippen LogP contribution in [-0.2, 0) is 6.42 Å². The Bertz CT molecular complexity index is 1070. The minimum Gasteiger partial charge on any atom is -0.430 e. The summed E-state index contributed by atoms with van der Waals surface area (Å²) >= 11 is 1.15. The van der Waals surface area contributed by atoms with E-state index in [4.69, 9.17) is 4.74 Å². The number of nitrogens with one attached hydrogen (secondary N) is 1. The van der Waals surface area contributed by atoms with Gasteiger partial charge in [0.2, 0.25) is 0 Å². The predicted molar refractivity (Wildman–Crippen MR) is 134 cm³/mol. The van der Waals surface area contributed by atoms with Crippen LogP contribution in [0.2, 0.25) is 0 Å². The summed E-state index contributed by atoms with van der Waals surface area (Å²) in [5.74, 6) is 0.796. The second-order valence-electron chi connectivity index (χ2n) is 8.41. The van der Waals surface area contributed by atoms with E-state index in [1.807, 2.05) is 19.9 Å². The maximum atomic E-state index is 13.1. The van der Waals surface area contributed by atoms with Crippen molar-refractivity contribution in [1.82, 2.24) is 19.6 Å². The Balaban J connectivity index is 1.57. The van der Waals surface area contributed by atoms with Crippen LogP contribution in [0.4, 0.5) is 4.39 Å². The van der Waals surface area contributed by atoms with Crippen molar-refractivity contribution in [2.24, 2.45) is 0 Å². The molecule has 0 fully saturated rings. The molecule has 0 spiro atoms. The highest BCUT2D eigenvalue weighted by Gasteiger charge is 2.14. The number of hydrogen-bond acceptors (Lipinski definition) is 6. The number of nitrogens with zero attached hydrogens (tertiary/aromatic N) is 3. The van der Waals surface area contributed by atoms with Gasteiger partial charge in [-0.25, -0.2) is 4.39 Å². The molecular weight excluding hydrogens is 451 g/mol. The van der Waals surface area contributed by atoms with Gasteiger partial charge in [-0.15, -0.1) is 0 Å². The molecule has 0 saturated carbocycles. The van der Waals surface area contributed by atoms with Crippen LogP contribution in [0, 0.1) is 12.7 Å². The summed E-state index contributed by atoms with van der Waals surface area (Å²) in [7, 11) is 0. The van der Waals surface area contributed by atoms with Crippen molar-refractivity contribution in [3.8, 4) is 10.9 Å². The zero-order valence-corrected chi connectivity index (χ0v) is 21.1. The zero-order chi connectivity index (χ0) is 24.5. The van der Waals surface area contributed by atoms with Crippen molar-refractivity contribution in [2.75, 3.05) is 19.6 Å². The summed E-state index contributed by atoms with van der Waals surface area (Å²) in [4.78, 5) is 19.6. The predicted octanol–water partition coefficient (Wildman–Crippen LogP) is 5.61. The third-order valence-electron chi connectivity index (χ3n) is 5.76. The molecule has 1 N–H and O–H groups in total. The van der Waals surface area contributed by atoms with E-state index in [2.05, 4.69) is 33.4 Å². The Hall–Kier alpha value is -2.84. The van der Waals surface area contributed by atoms with Crippen LogP contribution in [0.1, 0.15) is 60.9 Å². The maximum Gasteiger partial charge on any atom is 0.298 e. The molecule has 0 aliphatic rings. The lowest BCUT2D eigenvalue weighted by Crippen LogP contribution is -2.33. The highest BCUT2D eigenvalue weighted by Crippen LogP contribution is 2.28. The minimum atomic E-state index is -0.271. The van der Waals surface area contributed by atoms with Crippen molar-refractivity contribution in [1.29, 1.82) is 0 Å². The summed E-state index contributed by atoms with van der Waals surface area (Å²) in [5.41, 5.74) is 2.37. The third-order valence-corrected chi connectivity index (χ3v) is 6.39. The molecule has 3 aromatic rings. The normalized spacial score (nSPS) is 12.1. The van der Waals surface area contributed by atoms with Crippen molar-refractivity contribution >= 4 is 17.4 Å². The number of carbonyl (C=O) groups excluding carboxylic acids is 1. The van der Waals surface area contributed by atoms with E-state index in [0.29, 0.717) is 28.8 Å². The van der Waals surface area contributed by atoms with Gasteiger partial charge in [-0.05, 0) is 81.7 Å². The van der Waals surface area contributed by atoms with Crippen LogP contribution < -0.4 is 10.1 Å². The van der Waals surface area contributed by atoms with Crippen molar-refractivity contribution in [2.45, 2.75) is 53.0 Å². The number of hydrogen-bond donors (Lipinski definition) is 1. The standard InChI is InChI=1S/C26H33FN4O2S/c1-5-31(6-2)15-7-8-19(4)28-25(32)21-12-9-18(3)23(17-21)33-26-29-24(30-34-26)16-20-10-13-22(27)14-11-20/h9-14,17,19H,5-8,15-16H2,1-4H3,(H,28,32). The molecule has 3 rings (SSSR count). The molecule has 0 bridgehead atoms. The maximum absolute atomic E-state index is 13.1. The lowest BCUT2D eigenvalue weighted by molar-refractivity contribution is 0.0937. The largest absolute Gasteiger partial charge is 0.430 e. The van der Waals surface area contributed by atoms with Crippen molar-refractivity contribution < 1.29 is 13.9 Å². The second kappa shape index (κ2) is 12.6. The first kappa shape index (κ1) is 25.8. The fraction of sp³-hybridized carbons (Fsp3) is 0.423. The zero-order valence-electron chi connectivity index (χ0n) is 20.3. The summed E-state index contributed by atoms with van der Waals surface area (Å²) in [6, 6.07) is 11.8. The number of aromatic nitrogens is 2. The molecule has 0 aliphatic heterocycles. The first-order chi connectivity index (χ1) is 16.4. The third kappa shape index (κ3) is 7.60. The molecule has 0 aliphatic carbocycles. The number of halogens is 1. The van der Waals surface area contributed by atoms with Gasteiger partial charge in [0.25, 0.3) is 11.1 Å². The molecule has 1 aromatic heterocycles. The number of carbonyl (C=O) groups is 1. The summed E-state index contributed by atoms with van der Waals surface area (Å²) < 4.78 is 23.4. The highest BCUT2D eigenvalue weighted by atomic mass is 32.1. The Labute approximate surface area is 205 Å². The number of rotatable bonds is 12. The molecule has 1 amide bonds. The van der Waals surface area contributed by atoms with Gasteiger partial charge in [0, 0.05) is 29.6 Å². The minimum absolute atomic E-state index is 0.0888. The molecule has 0 radical (unpaired) electrons. The Morgan fingerprint density at radius 3 is 2.62 bits per heavy atom. The van der Waals surface area contributed by atoms with E-state index in [1.165, 1.54) is 12.1 Å². The molecule has 1 heterocycles. The Kier molecular flexibility index (Phi) is 9.53. The topological polar surface area (TPSA) is 67.4 Å². The average molecular weight is 485 g/mol. The van der Waals surface area contributed by atoms with E-state index in [-0.39, 0.29) is 17.8 Å². The fourth-order valence-electron chi connectivity index (χ4n) is 3.62. The first-order valence-electron chi connectivity index (χ1n) is 11.8. The number of aryl methyl sites for hydroxylation is 1. The SMILES string of the molecule is CCN(CC)CCCC(C)NC(=O)c1ccc(C)c(Oc2nc(Cc3ccc(F)cc3)ns2)c1. The van der Waals surface area contributed by atoms with Gasteiger partial charge in [-0.1, -0.05) is 32.0 Å². The van der Waals surface area contributed by atoms with Crippen LogP contribution in [0.25, 0.3) is 0 Å². The summed E-state index contributed by atoms with van der Waals surface area (Å²) in [6.45, 7) is 11.4. The molecule has 8 heteroatoms. The molecule has 0 saturated heterocycles. The van der Waals surface area contributed by atoms with E-state index in [0.717, 1.165) is 55.1 Å². The van der Waals surface area contributed by atoms with E-state index in [1.54, 1.807) is 24.3 Å². The van der Waals surface area contributed by atoms with Crippen LogP contribution >= 0.6 is 11.5 Å². The summed E-state index contributed by atoms with van der Waals surface area (Å²) in [5, 5.41) is 3.49. The smallest absolute Gasteiger partial charge is 0.298 e. The van der Waals surface area contributed by atoms with Gasteiger partial charge in [0.05, 0.1) is 0 Å². The Morgan fingerprint density at radius 2 is 1.91 bits per heavy atom. The van der Waals surface area contributed by atoms with Crippen LogP contribution in [-0.4, -0.2) is 45.8 Å². The molecule has 2 aromatic carbocycles. The molecule has 6 nitrogen and oxygen atoms in total. The quantitative estimate of drug-likeness (QED) is 0.362. The first-order valence-corrected chi connectivity index (χ1v) is 12.5. The number of benzene rings is 2. The van der Waals surface area contributed by atoms with Crippen molar-refractivity contribution in [3.05, 3.63) is 70.8 Å². The fourth-order valence-corrected chi connectivity index (χ4v) is 4.18. The summed E-state index contributed by atoms with van der Waals surface area (Å²) in [6.07, 6.45) is 2.47. The van der Waals surface area contributed by atoms with Crippen molar-refractivity contribution in [3.63, 3.8) is 0 Å². The monoisotopic (exact) mass is 484 g/mol. The van der Waals surface area contributed by atoms with Crippen LogP contribution in [0.5, 0.6) is 10.9 Å². The van der Waals surface area contributed by atoms with Gasteiger partial charge < -0.3 is 15.0 Å². The molecule has 182 valence electrons. The van der Waals surface area contributed by atoms with E-state index in [9.17, 15) is 9.18 Å².